The van der Waals surface area contributed by atoms with Gasteiger partial charge >= 0.3 is 0 Å². The van der Waals surface area contributed by atoms with E-state index in [1.54, 1.807) is 0 Å². The summed E-state index contributed by atoms with van der Waals surface area (Å²) in [7, 11) is 0.998. The number of hydrogen-bond donors (Lipinski definition) is 0. The van der Waals surface area contributed by atoms with E-state index in [1.807, 2.05) is 12.3 Å². The number of aromatic nitrogens is 1. The molecule has 0 spiro atoms. The van der Waals surface area contributed by atoms with Gasteiger partial charge in [0.2, 0.25) is 0 Å². The SMILES string of the molecule is CC1CPc2cccnc21. The zero-order chi connectivity index (χ0) is 6.97. The van der Waals surface area contributed by atoms with E-state index in [-0.39, 0.29) is 0 Å². The summed E-state index contributed by atoms with van der Waals surface area (Å²) < 4.78 is 0. The molecule has 2 heterocycles. The zero-order valence-electron chi connectivity index (χ0n) is 5.96. The van der Waals surface area contributed by atoms with Crippen LogP contribution >= 0.6 is 8.58 Å². The summed E-state index contributed by atoms with van der Waals surface area (Å²) in [4.78, 5) is 4.35. The maximum absolute atomic E-state index is 4.35. The average Bonchev–Trinajstić information content (AvgIpc) is 2.34. The van der Waals surface area contributed by atoms with Gasteiger partial charge in [-0.05, 0) is 17.5 Å². The van der Waals surface area contributed by atoms with Gasteiger partial charge in [0, 0.05) is 12.1 Å². The first-order valence-corrected chi connectivity index (χ1v) is 4.77. The zero-order valence-corrected chi connectivity index (χ0v) is 6.96. The van der Waals surface area contributed by atoms with Gasteiger partial charge in [0.15, 0.2) is 0 Å². The molecule has 0 amide bonds. The minimum absolute atomic E-state index is 0.703. The first kappa shape index (κ1) is 6.30. The van der Waals surface area contributed by atoms with E-state index < -0.39 is 0 Å². The second kappa shape index (κ2) is 2.32. The van der Waals surface area contributed by atoms with E-state index >= 15 is 0 Å². The molecule has 0 radical (unpaired) electrons. The number of hydrogen-bond acceptors (Lipinski definition) is 1. The second-order valence-electron chi connectivity index (χ2n) is 2.72. The summed E-state index contributed by atoms with van der Waals surface area (Å²) in [5, 5.41) is 1.48. The van der Waals surface area contributed by atoms with E-state index in [0.717, 1.165) is 8.58 Å². The number of nitrogens with zero attached hydrogens (tertiary/aromatic N) is 1. The van der Waals surface area contributed by atoms with Crippen molar-refractivity contribution in [1.82, 2.24) is 4.98 Å². The summed E-state index contributed by atoms with van der Waals surface area (Å²) in [6.07, 6.45) is 3.21. The van der Waals surface area contributed by atoms with Crippen LogP contribution in [0.2, 0.25) is 0 Å². The quantitative estimate of drug-likeness (QED) is 0.512. The molecule has 1 aliphatic rings. The first-order chi connectivity index (χ1) is 4.88. The summed E-state index contributed by atoms with van der Waals surface area (Å²) in [6, 6.07) is 4.23. The van der Waals surface area contributed by atoms with Crippen LogP contribution in [0.5, 0.6) is 0 Å². The van der Waals surface area contributed by atoms with Gasteiger partial charge < -0.3 is 0 Å². The van der Waals surface area contributed by atoms with E-state index in [1.165, 1.54) is 17.2 Å². The van der Waals surface area contributed by atoms with Crippen LogP contribution in [0.1, 0.15) is 18.5 Å². The molecule has 0 fully saturated rings. The molecule has 2 atom stereocenters. The summed E-state index contributed by atoms with van der Waals surface area (Å²) in [5.74, 6) is 0.703. The van der Waals surface area contributed by atoms with Crippen LogP contribution in [0, 0.1) is 0 Å². The maximum Gasteiger partial charge on any atom is 0.0509 e. The van der Waals surface area contributed by atoms with Gasteiger partial charge in [-0.1, -0.05) is 21.6 Å². The molecule has 0 aliphatic carbocycles. The molecule has 1 nitrogen and oxygen atoms in total. The van der Waals surface area contributed by atoms with Gasteiger partial charge in [0.05, 0.1) is 5.69 Å². The van der Waals surface area contributed by atoms with Crippen molar-refractivity contribution in [3.63, 3.8) is 0 Å². The lowest BCUT2D eigenvalue weighted by atomic mass is 10.1. The maximum atomic E-state index is 4.35. The standard InChI is InChI=1S/C8H10NP/c1-6-5-10-7-3-2-4-9-8(6)7/h2-4,6,10H,5H2,1H3. The summed E-state index contributed by atoms with van der Waals surface area (Å²) in [5.41, 5.74) is 1.33. The van der Waals surface area contributed by atoms with Crippen molar-refractivity contribution in [3.05, 3.63) is 24.0 Å². The average molecular weight is 151 g/mol. The Bertz CT molecular complexity index is 247. The Morgan fingerprint density at radius 1 is 1.70 bits per heavy atom. The highest BCUT2D eigenvalue weighted by molar-refractivity contribution is 7.47. The Morgan fingerprint density at radius 3 is 3.40 bits per heavy atom. The number of fused-ring (bicyclic) bond motifs is 1. The monoisotopic (exact) mass is 151 g/mol. The van der Waals surface area contributed by atoms with Crippen LogP contribution in [-0.2, 0) is 0 Å². The molecule has 10 heavy (non-hydrogen) atoms. The smallest absolute Gasteiger partial charge is 0.0509 e. The van der Waals surface area contributed by atoms with Crippen molar-refractivity contribution < 1.29 is 0 Å². The number of rotatable bonds is 0. The second-order valence-corrected chi connectivity index (χ2v) is 4.02. The predicted octanol–water partition coefficient (Wildman–Crippen LogP) is 1.50. The fraction of sp³-hybridized carbons (Fsp3) is 0.375. The normalized spacial score (nSPS) is 25.1. The van der Waals surface area contributed by atoms with E-state index in [4.69, 9.17) is 0 Å². The van der Waals surface area contributed by atoms with Gasteiger partial charge in [-0.2, -0.15) is 0 Å². The molecule has 2 unspecified atom stereocenters. The Balaban J connectivity index is 2.51. The first-order valence-electron chi connectivity index (χ1n) is 3.56. The van der Waals surface area contributed by atoms with Crippen LogP contribution in [-0.4, -0.2) is 11.1 Å². The third kappa shape index (κ3) is 0.856. The Kier molecular flexibility index (Phi) is 1.46. The molecule has 0 saturated carbocycles. The fourth-order valence-corrected chi connectivity index (χ4v) is 2.75. The third-order valence-electron chi connectivity index (χ3n) is 1.90. The van der Waals surface area contributed by atoms with Gasteiger partial charge in [0.1, 0.15) is 0 Å². The van der Waals surface area contributed by atoms with Crippen LogP contribution in [0.25, 0.3) is 0 Å². The highest BCUT2D eigenvalue weighted by atomic mass is 31.1. The van der Waals surface area contributed by atoms with E-state index in [9.17, 15) is 0 Å². The van der Waals surface area contributed by atoms with Crippen molar-refractivity contribution in [3.8, 4) is 0 Å². The Hall–Kier alpha value is -0.420. The molecule has 1 aliphatic heterocycles. The molecular weight excluding hydrogens is 141 g/mol. The summed E-state index contributed by atoms with van der Waals surface area (Å²) in [6.45, 7) is 2.26. The molecule has 2 heteroatoms. The van der Waals surface area contributed by atoms with Crippen molar-refractivity contribution in [2.24, 2.45) is 0 Å². The van der Waals surface area contributed by atoms with E-state index in [0.29, 0.717) is 5.92 Å². The van der Waals surface area contributed by atoms with Crippen LogP contribution < -0.4 is 5.30 Å². The van der Waals surface area contributed by atoms with Crippen molar-refractivity contribution in [2.75, 3.05) is 6.16 Å². The molecule has 0 aromatic carbocycles. The minimum atomic E-state index is 0.703. The van der Waals surface area contributed by atoms with Crippen molar-refractivity contribution in [1.29, 1.82) is 0 Å². The lowest BCUT2D eigenvalue weighted by Crippen LogP contribution is -2.01. The van der Waals surface area contributed by atoms with Crippen LogP contribution in [0.15, 0.2) is 18.3 Å². The molecular formula is C8H10NP. The van der Waals surface area contributed by atoms with Gasteiger partial charge in [-0.3, -0.25) is 4.98 Å². The molecule has 0 N–H and O–H groups in total. The van der Waals surface area contributed by atoms with Gasteiger partial charge in [-0.25, -0.2) is 0 Å². The van der Waals surface area contributed by atoms with Gasteiger partial charge in [-0.15, -0.1) is 0 Å². The van der Waals surface area contributed by atoms with Crippen LogP contribution in [0.4, 0.5) is 0 Å². The van der Waals surface area contributed by atoms with Crippen LogP contribution in [0.3, 0.4) is 0 Å². The lowest BCUT2D eigenvalue weighted by Gasteiger charge is -1.99. The Labute approximate surface area is 62.7 Å². The number of pyridine rings is 1. The molecule has 0 bridgehead atoms. The van der Waals surface area contributed by atoms with Crippen molar-refractivity contribution in [2.45, 2.75) is 12.8 Å². The minimum Gasteiger partial charge on any atom is -0.260 e. The molecule has 1 aromatic rings. The highest BCUT2D eigenvalue weighted by Crippen LogP contribution is 2.30. The fourth-order valence-electron chi connectivity index (χ4n) is 1.32. The topological polar surface area (TPSA) is 12.9 Å². The molecule has 2 rings (SSSR count). The Morgan fingerprint density at radius 2 is 2.60 bits per heavy atom. The highest BCUT2D eigenvalue weighted by Gasteiger charge is 2.18. The summed E-state index contributed by atoms with van der Waals surface area (Å²) >= 11 is 0. The largest absolute Gasteiger partial charge is 0.260 e. The molecule has 52 valence electrons. The molecule has 0 saturated heterocycles. The molecule has 1 aromatic heterocycles. The van der Waals surface area contributed by atoms with Gasteiger partial charge in [0.25, 0.3) is 0 Å². The third-order valence-corrected chi connectivity index (χ3v) is 3.52. The lowest BCUT2D eigenvalue weighted by molar-refractivity contribution is 0.857. The van der Waals surface area contributed by atoms with Crippen molar-refractivity contribution >= 4 is 13.9 Å². The van der Waals surface area contributed by atoms with E-state index in [2.05, 4.69) is 18.0 Å². The predicted molar refractivity (Wildman–Crippen MR) is 45.5 cm³/mol.